The highest BCUT2D eigenvalue weighted by Crippen LogP contribution is 2.39. The molecule has 4 rings (SSSR count). The summed E-state index contributed by atoms with van der Waals surface area (Å²) < 4.78 is 69.5. The molecule has 0 fully saturated rings. The zero-order valence-electron chi connectivity index (χ0n) is 17.1. The molecule has 4 aromatic rings. The highest BCUT2D eigenvalue weighted by atomic mass is 19.4. The number of nitrogens with zero attached hydrogens (tertiary/aromatic N) is 6. The monoisotopic (exact) mass is 464 g/mol. The van der Waals surface area contributed by atoms with Gasteiger partial charge in [0.2, 0.25) is 0 Å². The van der Waals surface area contributed by atoms with Crippen LogP contribution in [0, 0.1) is 11.6 Å². The second kappa shape index (κ2) is 8.35. The van der Waals surface area contributed by atoms with Crippen LogP contribution in [0.3, 0.4) is 0 Å². The van der Waals surface area contributed by atoms with Crippen LogP contribution < -0.4 is 0 Å². The van der Waals surface area contributed by atoms with Crippen molar-refractivity contribution in [3.8, 4) is 5.69 Å². The summed E-state index contributed by atoms with van der Waals surface area (Å²) in [4.78, 5) is 3.80. The van der Waals surface area contributed by atoms with Crippen LogP contribution in [0.2, 0.25) is 0 Å². The van der Waals surface area contributed by atoms with E-state index in [4.69, 9.17) is 0 Å². The van der Waals surface area contributed by atoms with Crippen molar-refractivity contribution in [3.63, 3.8) is 0 Å². The summed E-state index contributed by atoms with van der Waals surface area (Å²) in [6, 6.07) is 6.98. The van der Waals surface area contributed by atoms with Crippen LogP contribution in [0.1, 0.15) is 29.7 Å². The first-order chi connectivity index (χ1) is 15.6. The predicted octanol–water partition coefficient (Wildman–Crippen LogP) is 3.85. The van der Waals surface area contributed by atoms with Gasteiger partial charge in [-0.3, -0.25) is 0 Å². The van der Waals surface area contributed by atoms with Gasteiger partial charge >= 0.3 is 6.18 Å². The Morgan fingerprint density at radius 3 is 2.42 bits per heavy atom. The molecule has 1 N–H and O–H groups in total. The smallest absolute Gasteiger partial charge is 0.382 e. The van der Waals surface area contributed by atoms with Crippen LogP contribution in [-0.2, 0) is 18.3 Å². The Balaban J connectivity index is 1.71. The second-order valence-electron chi connectivity index (χ2n) is 7.50. The normalized spacial score (nSPS) is 14.8. The molecule has 172 valence electrons. The molecule has 33 heavy (non-hydrogen) atoms. The molecule has 0 bridgehead atoms. The van der Waals surface area contributed by atoms with E-state index in [0.29, 0.717) is 5.69 Å². The number of benzene rings is 2. The molecule has 0 saturated heterocycles. The average Bonchev–Trinajstić information content (AvgIpc) is 3.46. The van der Waals surface area contributed by atoms with Crippen molar-refractivity contribution < 1.29 is 27.1 Å². The van der Waals surface area contributed by atoms with Gasteiger partial charge in [0.05, 0.1) is 29.7 Å². The summed E-state index contributed by atoms with van der Waals surface area (Å²) >= 11 is 0. The maximum atomic E-state index is 14.7. The lowest BCUT2D eigenvalue weighted by atomic mass is 9.80. The van der Waals surface area contributed by atoms with Gasteiger partial charge in [-0.2, -0.15) is 18.3 Å². The van der Waals surface area contributed by atoms with Gasteiger partial charge < -0.3 is 5.11 Å². The largest absolute Gasteiger partial charge is 0.416 e. The van der Waals surface area contributed by atoms with Crippen molar-refractivity contribution in [1.29, 1.82) is 0 Å². The number of alkyl halides is 3. The summed E-state index contributed by atoms with van der Waals surface area (Å²) in [5.74, 6) is -2.51. The average molecular weight is 464 g/mol. The maximum absolute atomic E-state index is 14.7. The van der Waals surface area contributed by atoms with Crippen molar-refractivity contribution in [3.05, 3.63) is 89.8 Å². The van der Waals surface area contributed by atoms with Gasteiger partial charge in [-0.05, 0) is 42.5 Å². The first-order valence-electron chi connectivity index (χ1n) is 9.68. The van der Waals surface area contributed by atoms with E-state index in [1.165, 1.54) is 40.3 Å². The van der Waals surface area contributed by atoms with E-state index >= 15 is 0 Å². The number of hydrogen-bond donors (Lipinski definition) is 1. The highest BCUT2D eigenvalue weighted by Gasteiger charge is 2.41. The fourth-order valence-corrected chi connectivity index (χ4v) is 3.50. The van der Waals surface area contributed by atoms with E-state index in [9.17, 15) is 27.1 Å². The quantitative estimate of drug-likeness (QED) is 0.439. The molecule has 0 aliphatic carbocycles. The molecule has 0 spiro atoms. The Kier molecular flexibility index (Phi) is 5.70. The second-order valence-corrected chi connectivity index (χ2v) is 7.50. The van der Waals surface area contributed by atoms with Gasteiger partial charge in [0.1, 0.15) is 29.9 Å². The van der Waals surface area contributed by atoms with E-state index in [1.807, 2.05) is 0 Å². The summed E-state index contributed by atoms with van der Waals surface area (Å²) in [7, 11) is 0. The number of hydrogen-bond acceptors (Lipinski definition) is 5. The molecule has 2 atom stereocenters. The zero-order chi connectivity index (χ0) is 23.8. The van der Waals surface area contributed by atoms with Gasteiger partial charge in [0.25, 0.3) is 0 Å². The first-order valence-corrected chi connectivity index (χ1v) is 9.68. The molecule has 7 nitrogen and oxygen atoms in total. The molecule has 2 aromatic heterocycles. The molecule has 0 amide bonds. The summed E-state index contributed by atoms with van der Waals surface area (Å²) in [6.45, 7) is 1.27. The van der Waals surface area contributed by atoms with Crippen LogP contribution in [0.5, 0.6) is 0 Å². The van der Waals surface area contributed by atoms with Crippen molar-refractivity contribution in [2.45, 2.75) is 31.2 Å². The predicted molar refractivity (Wildman–Crippen MR) is 105 cm³/mol. The lowest BCUT2D eigenvalue weighted by molar-refractivity contribution is -0.137. The Bertz CT molecular complexity index is 1240. The molecule has 0 aliphatic rings. The molecule has 2 aromatic carbocycles. The SMILES string of the molecule is CC(c1cn(-c2ccc(C(F)(F)F)cc2)nn1)C(O)(Cn1cncn1)c1cc(F)ccc1F. The molecule has 0 aliphatic heterocycles. The van der Waals surface area contributed by atoms with E-state index in [1.54, 1.807) is 6.92 Å². The Morgan fingerprint density at radius 1 is 1.06 bits per heavy atom. The molecular formula is C21H17F5N6O. The first kappa shape index (κ1) is 22.5. The zero-order valence-corrected chi connectivity index (χ0v) is 17.1. The van der Waals surface area contributed by atoms with Crippen LogP contribution in [0.15, 0.2) is 61.3 Å². The van der Waals surface area contributed by atoms with Crippen molar-refractivity contribution in [2.75, 3.05) is 0 Å². The third kappa shape index (κ3) is 4.46. The van der Waals surface area contributed by atoms with Crippen LogP contribution in [0.25, 0.3) is 5.69 Å². The van der Waals surface area contributed by atoms with Crippen LogP contribution >= 0.6 is 0 Å². The van der Waals surface area contributed by atoms with Gasteiger partial charge in [-0.1, -0.05) is 12.1 Å². The highest BCUT2D eigenvalue weighted by molar-refractivity contribution is 5.36. The minimum Gasteiger partial charge on any atom is -0.382 e. The molecule has 2 heterocycles. The minimum atomic E-state index is -4.48. The third-order valence-corrected chi connectivity index (χ3v) is 5.39. The molecule has 0 radical (unpaired) electrons. The molecule has 0 saturated carbocycles. The molecule has 12 heteroatoms. The molecular weight excluding hydrogens is 447 g/mol. The lowest BCUT2D eigenvalue weighted by Crippen LogP contribution is -2.38. The Morgan fingerprint density at radius 2 is 1.79 bits per heavy atom. The lowest BCUT2D eigenvalue weighted by Gasteiger charge is -2.33. The molecule has 2 unspecified atom stereocenters. The standard InChI is InChI=1S/C21H17F5N6O/c1-13(19-9-32(30-29-19)16-5-2-14(3-6-16)21(24,25)26)20(33,10-31-12-27-11-28-31)17-8-15(22)4-7-18(17)23/h2-9,11-13,33H,10H2,1H3. The van der Waals surface area contributed by atoms with E-state index in [0.717, 1.165) is 30.3 Å². The Labute approximate surface area is 184 Å². The third-order valence-electron chi connectivity index (χ3n) is 5.39. The van der Waals surface area contributed by atoms with Crippen LogP contribution in [0.4, 0.5) is 22.0 Å². The van der Waals surface area contributed by atoms with E-state index in [-0.39, 0.29) is 17.8 Å². The summed E-state index contributed by atoms with van der Waals surface area (Å²) in [5, 5.41) is 23.4. The van der Waals surface area contributed by atoms with Gasteiger partial charge in [0, 0.05) is 11.5 Å². The summed E-state index contributed by atoms with van der Waals surface area (Å²) in [6.07, 6.45) is -0.536. The van der Waals surface area contributed by atoms with E-state index < -0.39 is 34.9 Å². The number of aromatic nitrogens is 6. The van der Waals surface area contributed by atoms with Crippen LogP contribution in [-0.4, -0.2) is 34.9 Å². The minimum absolute atomic E-state index is 0.196. The van der Waals surface area contributed by atoms with Crippen molar-refractivity contribution in [2.24, 2.45) is 0 Å². The fraction of sp³-hybridized carbons (Fsp3) is 0.238. The Hall–Kier alpha value is -3.67. The van der Waals surface area contributed by atoms with Gasteiger partial charge in [0.15, 0.2) is 0 Å². The van der Waals surface area contributed by atoms with Gasteiger partial charge in [-0.25, -0.2) is 23.1 Å². The number of aliphatic hydroxyl groups is 1. The summed E-state index contributed by atoms with van der Waals surface area (Å²) in [5.41, 5.74) is -2.65. The van der Waals surface area contributed by atoms with Crippen molar-refractivity contribution >= 4 is 0 Å². The number of halogens is 5. The van der Waals surface area contributed by atoms with E-state index in [2.05, 4.69) is 20.4 Å². The maximum Gasteiger partial charge on any atom is 0.416 e. The van der Waals surface area contributed by atoms with Crippen molar-refractivity contribution in [1.82, 2.24) is 29.8 Å². The van der Waals surface area contributed by atoms with Gasteiger partial charge in [-0.15, -0.1) is 5.10 Å². The topological polar surface area (TPSA) is 81.6 Å². The fourth-order valence-electron chi connectivity index (χ4n) is 3.50. The number of rotatable bonds is 6.